The number of hydrogen-bond donors (Lipinski definition) is 3. The first kappa shape index (κ1) is 28.6. The molecule has 212 valence electrons. The zero-order valence-corrected chi connectivity index (χ0v) is 22.1. The number of aliphatic carboxylic acids is 1. The molecule has 2 fully saturated rings. The van der Waals surface area contributed by atoms with Crippen molar-refractivity contribution < 1.29 is 29.1 Å². The van der Waals surface area contributed by atoms with Crippen molar-refractivity contribution in [2.75, 3.05) is 19.7 Å². The Bertz CT molecular complexity index is 1190. The zero-order valence-electron chi connectivity index (χ0n) is 22.1. The highest BCUT2D eigenvalue weighted by atomic mass is 16.6. The van der Waals surface area contributed by atoms with Gasteiger partial charge in [0.2, 0.25) is 11.8 Å². The topological polar surface area (TPSA) is 144 Å². The van der Waals surface area contributed by atoms with E-state index in [0.717, 1.165) is 11.1 Å². The summed E-state index contributed by atoms with van der Waals surface area (Å²) in [5, 5.41) is 19.8. The smallest absolute Gasteiger partial charge is 0.354 e. The number of urea groups is 1. The van der Waals surface area contributed by atoms with Crippen LogP contribution in [0.5, 0.6) is 0 Å². The summed E-state index contributed by atoms with van der Waals surface area (Å²) < 4.78 is 0. The quantitative estimate of drug-likeness (QED) is 0.208. The van der Waals surface area contributed by atoms with Gasteiger partial charge in [-0.1, -0.05) is 65.8 Å². The molecule has 12 nitrogen and oxygen atoms in total. The average molecular weight is 551 g/mol. The van der Waals surface area contributed by atoms with Crippen molar-refractivity contribution in [1.82, 2.24) is 25.8 Å². The van der Waals surface area contributed by atoms with Crippen LogP contribution in [-0.4, -0.2) is 81.9 Å². The predicted octanol–water partition coefficient (Wildman–Crippen LogP) is 1.93. The maximum atomic E-state index is 13.6. The number of nitrogens with zero attached hydrogens (tertiary/aromatic N) is 4. The van der Waals surface area contributed by atoms with Crippen LogP contribution < -0.4 is 10.7 Å². The molecule has 0 radical (unpaired) electrons. The predicted molar refractivity (Wildman–Crippen MR) is 145 cm³/mol. The Morgan fingerprint density at radius 1 is 1.05 bits per heavy atom. The molecule has 2 aliphatic heterocycles. The van der Waals surface area contributed by atoms with E-state index in [2.05, 4.69) is 15.9 Å². The van der Waals surface area contributed by atoms with Crippen molar-refractivity contribution in [3.63, 3.8) is 0 Å². The van der Waals surface area contributed by atoms with Gasteiger partial charge in [-0.05, 0) is 24.0 Å². The Balaban J connectivity index is 1.40. The summed E-state index contributed by atoms with van der Waals surface area (Å²) in [6, 6.07) is 16.7. The van der Waals surface area contributed by atoms with E-state index in [0.29, 0.717) is 32.4 Å². The molecule has 40 heavy (non-hydrogen) atoms. The lowest BCUT2D eigenvalue weighted by Crippen LogP contribution is -2.64. The number of hydrazine groups is 2. The van der Waals surface area contributed by atoms with Crippen LogP contribution >= 0.6 is 0 Å². The van der Waals surface area contributed by atoms with Gasteiger partial charge in [-0.2, -0.15) is 0 Å². The zero-order chi connectivity index (χ0) is 28.3. The van der Waals surface area contributed by atoms with Gasteiger partial charge >= 0.3 is 12.0 Å². The molecule has 12 heteroatoms. The van der Waals surface area contributed by atoms with E-state index in [9.17, 15) is 24.3 Å². The number of hydrogen-bond acceptors (Lipinski definition) is 7. The molecule has 2 heterocycles. The molecular weight excluding hydrogens is 516 g/mol. The second kappa shape index (κ2) is 14.1. The highest BCUT2D eigenvalue weighted by Gasteiger charge is 2.43. The number of oxime groups is 1. The molecule has 0 saturated carbocycles. The van der Waals surface area contributed by atoms with Gasteiger partial charge in [0.05, 0.1) is 18.7 Å². The Morgan fingerprint density at radius 2 is 1.75 bits per heavy atom. The van der Waals surface area contributed by atoms with Gasteiger partial charge in [-0.15, -0.1) is 0 Å². The molecular formula is C28H34N6O6. The van der Waals surface area contributed by atoms with Crippen LogP contribution in [0.2, 0.25) is 0 Å². The van der Waals surface area contributed by atoms with Crippen molar-refractivity contribution >= 4 is 30.0 Å². The first-order valence-electron chi connectivity index (χ1n) is 13.3. The number of benzene rings is 2. The van der Waals surface area contributed by atoms with Crippen LogP contribution in [0.3, 0.4) is 0 Å². The van der Waals surface area contributed by atoms with Crippen LogP contribution in [0.15, 0.2) is 65.8 Å². The fourth-order valence-corrected chi connectivity index (χ4v) is 4.63. The second-order valence-corrected chi connectivity index (χ2v) is 9.56. The van der Waals surface area contributed by atoms with E-state index in [4.69, 9.17) is 4.84 Å². The normalized spacial score (nSPS) is 18.3. The molecule has 2 saturated heterocycles. The fraction of sp³-hybridized carbons (Fsp3) is 0.393. The Kier molecular flexibility index (Phi) is 10.1. The minimum Gasteiger partial charge on any atom is -0.481 e. The summed E-state index contributed by atoms with van der Waals surface area (Å²) in [6.45, 7) is 1.12. The molecule has 0 unspecified atom stereocenters. The number of rotatable bonds is 12. The maximum Gasteiger partial charge on any atom is 0.354 e. The van der Waals surface area contributed by atoms with Gasteiger partial charge in [0.15, 0.2) is 0 Å². The summed E-state index contributed by atoms with van der Waals surface area (Å²) in [4.78, 5) is 56.6. The third-order valence-electron chi connectivity index (χ3n) is 6.65. The Morgan fingerprint density at radius 3 is 2.45 bits per heavy atom. The lowest BCUT2D eigenvalue weighted by atomic mass is 10.1. The minimum atomic E-state index is -1.14. The first-order valence-corrected chi connectivity index (χ1v) is 13.3. The number of carboxylic acids is 1. The minimum absolute atomic E-state index is 0.104. The van der Waals surface area contributed by atoms with Crippen LogP contribution in [-0.2, 0) is 32.2 Å². The molecule has 3 N–H and O–H groups in total. The van der Waals surface area contributed by atoms with Gasteiger partial charge in [-0.25, -0.2) is 20.2 Å². The van der Waals surface area contributed by atoms with Gasteiger partial charge in [0.1, 0.15) is 12.6 Å². The van der Waals surface area contributed by atoms with Gasteiger partial charge in [0, 0.05) is 32.5 Å². The third kappa shape index (κ3) is 7.79. The molecule has 4 rings (SSSR count). The third-order valence-corrected chi connectivity index (χ3v) is 6.65. The van der Waals surface area contributed by atoms with Crippen LogP contribution in [0.25, 0.3) is 0 Å². The van der Waals surface area contributed by atoms with Crippen molar-refractivity contribution in [3.8, 4) is 0 Å². The SMILES string of the molecule is O=C(O)C[C@@H](C=NOCCc1ccccc1)NC(=O)[C@@H]1CCCN2C(=O)CCN(NCc3ccccc3)C(=O)N12. The number of amides is 4. The van der Waals surface area contributed by atoms with E-state index in [1.807, 2.05) is 60.7 Å². The molecule has 2 aliphatic rings. The summed E-state index contributed by atoms with van der Waals surface area (Å²) in [5.74, 6) is -1.97. The summed E-state index contributed by atoms with van der Waals surface area (Å²) in [5.41, 5.74) is 5.10. The fourth-order valence-electron chi connectivity index (χ4n) is 4.63. The number of nitrogens with one attached hydrogen (secondary N) is 2. The summed E-state index contributed by atoms with van der Waals surface area (Å²) >= 11 is 0. The molecule has 2 atom stereocenters. The molecule has 2 aromatic rings. The van der Waals surface area contributed by atoms with Gasteiger partial charge in [-0.3, -0.25) is 19.4 Å². The molecule has 0 aliphatic carbocycles. The molecule has 0 spiro atoms. The summed E-state index contributed by atoms with van der Waals surface area (Å²) in [6.07, 6.45) is 2.37. The number of fused-ring (bicyclic) bond motifs is 1. The van der Waals surface area contributed by atoms with E-state index >= 15 is 0 Å². The van der Waals surface area contributed by atoms with Gasteiger partial charge in [0.25, 0.3) is 0 Å². The molecule has 4 amide bonds. The van der Waals surface area contributed by atoms with Crippen molar-refractivity contribution in [3.05, 3.63) is 71.8 Å². The van der Waals surface area contributed by atoms with Gasteiger partial charge < -0.3 is 15.3 Å². The monoisotopic (exact) mass is 550 g/mol. The van der Waals surface area contributed by atoms with Crippen LogP contribution in [0.4, 0.5) is 4.79 Å². The van der Waals surface area contributed by atoms with E-state index in [1.165, 1.54) is 21.2 Å². The second-order valence-electron chi connectivity index (χ2n) is 9.56. The number of carboxylic acid groups (broad SMARTS) is 1. The lowest BCUT2D eigenvalue weighted by Gasteiger charge is -2.43. The van der Waals surface area contributed by atoms with E-state index in [1.54, 1.807) is 0 Å². The Hall–Kier alpha value is -4.45. The van der Waals surface area contributed by atoms with Crippen LogP contribution in [0, 0.1) is 0 Å². The van der Waals surface area contributed by atoms with Crippen molar-refractivity contribution in [1.29, 1.82) is 0 Å². The number of carbonyl (C=O) groups is 4. The standard InChI is InChI=1S/C28H34N6O6/c35-25-13-16-32(29-19-22-10-5-2-6-11-22)28(39)34-24(12-7-15-33(25)34)27(38)31-23(18-26(36)37)20-30-40-17-14-21-8-3-1-4-9-21/h1-6,8-11,20,23-24,29H,7,12-19H2,(H,31,38)(H,36,37)/t23-,24-/m0/s1. The van der Waals surface area contributed by atoms with Crippen molar-refractivity contribution in [2.24, 2.45) is 5.16 Å². The number of carbonyl (C=O) groups excluding carboxylic acids is 3. The van der Waals surface area contributed by atoms with Crippen molar-refractivity contribution in [2.45, 2.75) is 50.7 Å². The first-order chi connectivity index (χ1) is 19.4. The van der Waals surface area contributed by atoms with E-state index < -0.39 is 36.4 Å². The average Bonchev–Trinajstić information content (AvgIpc) is 3.08. The highest BCUT2D eigenvalue weighted by molar-refractivity contribution is 5.92. The maximum absolute atomic E-state index is 13.6. The molecule has 2 aromatic carbocycles. The van der Waals surface area contributed by atoms with E-state index in [-0.39, 0.29) is 25.5 Å². The largest absolute Gasteiger partial charge is 0.481 e. The molecule has 0 bridgehead atoms. The molecule has 0 aromatic heterocycles. The summed E-state index contributed by atoms with van der Waals surface area (Å²) in [7, 11) is 0. The van der Waals surface area contributed by atoms with Crippen LogP contribution in [0.1, 0.15) is 36.8 Å². The lowest BCUT2D eigenvalue weighted by molar-refractivity contribution is -0.155. The highest BCUT2D eigenvalue weighted by Crippen LogP contribution is 2.24. The Labute approximate surface area is 232 Å².